The minimum absolute atomic E-state index is 0.237. The normalized spacial score (nSPS) is 12.8. The van der Waals surface area contributed by atoms with E-state index in [0.717, 1.165) is 12.3 Å². The second-order valence-electron chi connectivity index (χ2n) is 4.63. The lowest BCUT2D eigenvalue weighted by molar-refractivity contribution is 0.242. The summed E-state index contributed by atoms with van der Waals surface area (Å²) >= 11 is 0. The molecule has 1 aromatic rings. The Morgan fingerprint density at radius 3 is 2.24 bits per heavy atom. The molecule has 0 aliphatic carbocycles. The third kappa shape index (κ3) is 4.78. The first-order valence-electron chi connectivity index (χ1n) is 6.67. The van der Waals surface area contributed by atoms with Gasteiger partial charge >= 0.3 is 0 Å². The van der Waals surface area contributed by atoms with E-state index in [4.69, 9.17) is 4.74 Å². The molecule has 0 saturated carbocycles. The summed E-state index contributed by atoms with van der Waals surface area (Å²) in [6.07, 6.45) is 2.61. The maximum absolute atomic E-state index is 5.65. The highest BCUT2D eigenvalue weighted by molar-refractivity contribution is 5.29. The summed E-state index contributed by atoms with van der Waals surface area (Å²) in [4.78, 5) is 0. The maximum atomic E-state index is 5.65. The van der Waals surface area contributed by atoms with Gasteiger partial charge in [-0.25, -0.2) is 0 Å². The molecule has 0 saturated heterocycles. The third-order valence-corrected chi connectivity index (χ3v) is 2.68. The molecule has 2 heteroatoms. The largest absolute Gasteiger partial charge is 0.491 e. The van der Waals surface area contributed by atoms with E-state index in [9.17, 15) is 0 Å². The molecule has 0 aliphatic rings. The predicted molar refractivity (Wildman–Crippen MR) is 73.5 cm³/mol. The van der Waals surface area contributed by atoms with Crippen LogP contribution >= 0.6 is 0 Å². The summed E-state index contributed by atoms with van der Waals surface area (Å²) in [6.45, 7) is 9.48. The van der Waals surface area contributed by atoms with Gasteiger partial charge in [0.2, 0.25) is 0 Å². The van der Waals surface area contributed by atoms with E-state index in [-0.39, 0.29) is 6.10 Å². The summed E-state index contributed by atoms with van der Waals surface area (Å²) in [5.74, 6) is 0.954. The van der Waals surface area contributed by atoms with Gasteiger partial charge in [-0.05, 0) is 44.5 Å². The monoisotopic (exact) mass is 235 g/mol. The molecule has 0 aromatic heterocycles. The third-order valence-electron chi connectivity index (χ3n) is 2.68. The summed E-state index contributed by atoms with van der Waals surface area (Å²) in [6, 6.07) is 8.93. The van der Waals surface area contributed by atoms with Crippen LogP contribution in [0.1, 0.15) is 52.1 Å². The van der Waals surface area contributed by atoms with Crippen LogP contribution in [0.15, 0.2) is 24.3 Å². The first-order chi connectivity index (χ1) is 8.17. The van der Waals surface area contributed by atoms with Crippen molar-refractivity contribution in [1.82, 2.24) is 5.32 Å². The smallest absolute Gasteiger partial charge is 0.119 e. The Balaban J connectivity index is 2.69. The fourth-order valence-corrected chi connectivity index (χ4v) is 1.97. The molecular weight excluding hydrogens is 210 g/mol. The zero-order chi connectivity index (χ0) is 12.7. The Bertz CT molecular complexity index is 299. The average molecular weight is 235 g/mol. The lowest BCUT2D eigenvalue weighted by atomic mass is 10.0. The Morgan fingerprint density at radius 2 is 1.76 bits per heavy atom. The minimum Gasteiger partial charge on any atom is -0.491 e. The highest BCUT2D eigenvalue weighted by atomic mass is 16.5. The maximum Gasteiger partial charge on any atom is 0.119 e. The number of hydrogen-bond acceptors (Lipinski definition) is 2. The molecule has 0 amide bonds. The molecule has 0 fully saturated rings. The molecule has 0 spiro atoms. The van der Waals surface area contributed by atoms with Gasteiger partial charge in [0.05, 0.1) is 6.10 Å². The molecule has 1 N–H and O–H groups in total. The van der Waals surface area contributed by atoms with Crippen molar-refractivity contribution in [2.45, 2.75) is 52.7 Å². The second kappa shape index (κ2) is 7.33. The van der Waals surface area contributed by atoms with Crippen LogP contribution in [0.25, 0.3) is 0 Å². The van der Waals surface area contributed by atoms with Crippen molar-refractivity contribution in [2.24, 2.45) is 0 Å². The summed E-state index contributed by atoms with van der Waals surface area (Å²) in [7, 11) is 0. The Hall–Kier alpha value is -1.02. The number of rotatable bonds is 7. The van der Waals surface area contributed by atoms with Crippen molar-refractivity contribution < 1.29 is 4.74 Å². The van der Waals surface area contributed by atoms with Crippen LogP contribution in [0.5, 0.6) is 5.75 Å². The number of benzene rings is 1. The van der Waals surface area contributed by atoms with Crippen molar-refractivity contribution >= 4 is 0 Å². The van der Waals surface area contributed by atoms with Gasteiger partial charge in [-0.1, -0.05) is 32.4 Å². The number of hydrogen-bond donors (Lipinski definition) is 1. The van der Waals surface area contributed by atoms with Gasteiger partial charge in [0.25, 0.3) is 0 Å². The first kappa shape index (κ1) is 14.0. The number of nitrogens with one attached hydrogen (secondary N) is 1. The molecule has 1 rings (SSSR count). The zero-order valence-corrected chi connectivity index (χ0v) is 11.5. The second-order valence-corrected chi connectivity index (χ2v) is 4.63. The molecule has 0 aliphatic heterocycles. The van der Waals surface area contributed by atoms with Crippen LogP contribution in [-0.2, 0) is 0 Å². The molecule has 96 valence electrons. The quantitative estimate of drug-likeness (QED) is 0.773. The van der Waals surface area contributed by atoms with Gasteiger partial charge in [0, 0.05) is 6.04 Å². The van der Waals surface area contributed by atoms with Gasteiger partial charge in [-0.15, -0.1) is 0 Å². The van der Waals surface area contributed by atoms with Gasteiger partial charge < -0.3 is 10.1 Å². The lowest BCUT2D eigenvalue weighted by Gasteiger charge is -2.18. The molecule has 1 atom stereocenters. The van der Waals surface area contributed by atoms with Crippen LogP contribution in [0.4, 0.5) is 0 Å². The fourth-order valence-electron chi connectivity index (χ4n) is 1.97. The van der Waals surface area contributed by atoms with Crippen LogP contribution in [-0.4, -0.2) is 12.6 Å². The Morgan fingerprint density at radius 1 is 1.12 bits per heavy atom. The minimum atomic E-state index is 0.237. The lowest BCUT2D eigenvalue weighted by Crippen LogP contribution is -2.20. The predicted octanol–water partition coefficient (Wildman–Crippen LogP) is 3.92. The van der Waals surface area contributed by atoms with E-state index in [1.165, 1.54) is 18.4 Å². The molecule has 1 aromatic carbocycles. The zero-order valence-electron chi connectivity index (χ0n) is 11.5. The van der Waals surface area contributed by atoms with Crippen LogP contribution in [0.3, 0.4) is 0 Å². The molecular formula is C15H25NO. The van der Waals surface area contributed by atoms with Crippen LogP contribution < -0.4 is 10.1 Å². The van der Waals surface area contributed by atoms with Crippen molar-refractivity contribution in [3.05, 3.63) is 29.8 Å². The van der Waals surface area contributed by atoms with Crippen molar-refractivity contribution in [3.8, 4) is 5.75 Å². The van der Waals surface area contributed by atoms with Gasteiger partial charge in [-0.2, -0.15) is 0 Å². The topological polar surface area (TPSA) is 21.3 Å². The van der Waals surface area contributed by atoms with Crippen molar-refractivity contribution in [3.63, 3.8) is 0 Å². The van der Waals surface area contributed by atoms with E-state index in [1.54, 1.807) is 0 Å². The van der Waals surface area contributed by atoms with E-state index < -0.39 is 0 Å². The van der Waals surface area contributed by atoms with E-state index in [0.29, 0.717) is 6.04 Å². The SMILES string of the molecule is CCCC(NCC)c1ccc(OC(C)C)cc1. The van der Waals surface area contributed by atoms with E-state index >= 15 is 0 Å². The first-order valence-corrected chi connectivity index (χ1v) is 6.67. The highest BCUT2D eigenvalue weighted by Crippen LogP contribution is 2.21. The van der Waals surface area contributed by atoms with Crippen molar-refractivity contribution in [2.75, 3.05) is 6.54 Å². The fraction of sp³-hybridized carbons (Fsp3) is 0.600. The summed E-state index contributed by atoms with van der Waals surface area (Å²) in [5, 5.41) is 3.52. The molecule has 0 radical (unpaired) electrons. The standard InChI is InChI=1S/C15H25NO/c1-5-7-15(16-6-2)13-8-10-14(11-9-13)17-12(3)4/h8-12,15-16H,5-7H2,1-4H3. The van der Waals surface area contributed by atoms with Gasteiger partial charge in [-0.3, -0.25) is 0 Å². The van der Waals surface area contributed by atoms with Gasteiger partial charge in [0.1, 0.15) is 5.75 Å². The molecule has 17 heavy (non-hydrogen) atoms. The van der Waals surface area contributed by atoms with E-state index in [2.05, 4.69) is 43.4 Å². The molecule has 0 bridgehead atoms. The Labute approximate surface area is 105 Å². The van der Waals surface area contributed by atoms with Gasteiger partial charge in [0.15, 0.2) is 0 Å². The Kier molecular flexibility index (Phi) is 6.06. The average Bonchev–Trinajstić information content (AvgIpc) is 2.29. The van der Waals surface area contributed by atoms with Crippen LogP contribution in [0.2, 0.25) is 0 Å². The molecule has 2 nitrogen and oxygen atoms in total. The van der Waals surface area contributed by atoms with Crippen molar-refractivity contribution in [1.29, 1.82) is 0 Å². The highest BCUT2D eigenvalue weighted by Gasteiger charge is 2.08. The molecule has 0 heterocycles. The summed E-state index contributed by atoms with van der Waals surface area (Å²) in [5.41, 5.74) is 1.35. The molecule has 1 unspecified atom stereocenters. The summed E-state index contributed by atoms with van der Waals surface area (Å²) < 4.78 is 5.65. The number of ether oxygens (including phenoxy) is 1. The van der Waals surface area contributed by atoms with Crippen LogP contribution in [0, 0.1) is 0 Å². The van der Waals surface area contributed by atoms with E-state index in [1.807, 2.05) is 13.8 Å².